The molecule has 3 aromatic rings. The minimum absolute atomic E-state index is 0.123. The van der Waals surface area contributed by atoms with Crippen LogP contribution in [0.4, 0.5) is 10.8 Å². The number of esters is 1. The summed E-state index contributed by atoms with van der Waals surface area (Å²) in [6.07, 6.45) is 0. The second kappa shape index (κ2) is 9.41. The topological polar surface area (TPSA) is 78.0 Å². The minimum Gasteiger partial charge on any atom is -0.493 e. The summed E-state index contributed by atoms with van der Waals surface area (Å²) in [6, 6.07) is 12.5. The molecule has 1 amide bonds. The summed E-state index contributed by atoms with van der Waals surface area (Å²) in [5, 5.41) is 2.41. The Kier molecular flexibility index (Phi) is 6.68. The van der Waals surface area contributed by atoms with E-state index in [2.05, 4.69) is 4.98 Å². The predicted octanol–water partition coefficient (Wildman–Crippen LogP) is 4.51. The number of hydrogen-bond donors (Lipinski definition) is 0. The Hall–Kier alpha value is -3.39. The van der Waals surface area contributed by atoms with Gasteiger partial charge in [0.1, 0.15) is 6.61 Å². The van der Waals surface area contributed by atoms with Gasteiger partial charge in [-0.25, -0.2) is 9.78 Å². The molecule has 0 aliphatic heterocycles. The number of methoxy groups -OCH3 is 2. The molecule has 0 unspecified atom stereocenters. The Bertz CT molecular complexity index is 1060. The van der Waals surface area contributed by atoms with Crippen molar-refractivity contribution in [2.75, 3.05) is 19.1 Å². The number of carbonyl (C=O) groups is 2. The molecule has 0 aliphatic rings. The van der Waals surface area contributed by atoms with Crippen molar-refractivity contribution in [3.8, 4) is 11.5 Å². The second-order valence-electron chi connectivity index (χ2n) is 6.46. The number of thiazole rings is 1. The number of amides is 1. The summed E-state index contributed by atoms with van der Waals surface area (Å²) < 4.78 is 15.9. The SMILES string of the molecule is COC(=O)c1ccc(OCc2csc(N(C(C)=O)c3cccc(C)c3)n2)c(OC)c1. The number of anilines is 2. The number of rotatable bonds is 7. The molecule has 0 fully saturated rings. The normalized spacial score (nSPS) is 10.4. The average molecular weight is 426 g/mol. The third-order valence-corrected chi connectivity index (χ3v) is 5.14. The van der Waals surface area contributed by atoms with Crippen molar-refractivity contribution in [1.82, 2.24) is 4.98 Å². The number of benzene rings is 2. The number of aryl methyl sites for hydroxylation is 1. The highest BCUT2D eigenvalue weighted by molar-refractivity contribution is 7.14. The lowest BCUT2D eigenvalue weighted by atomic mass is 10.2. The van der Waals surface area contributed by atoms with Crippen LogP contribution in [0.5, 0.6) is 11.5 Å². The van der Waals surface area contributed by atoms with Crippen LogP contribution in [0.1, 0.15) is 28.5 Å². The van der Waals surface area contributed by atoms with Crippen molar-refractivity contribution in [2.45, 2.75) is 20.5 Å². The Labute approximate surface area is 178 Å². The molecule has 8 heteroatoms. The first kappa shape index (κ1) is 21.3. The Morgan fingerprint density at radius 2 is 1.90 bits per heavy atom. The van der Waals surface area contributed by atoms with E-state index in [0.29, 0.717) is 27.9 Å². The van der Waals surface area contributed by atoms with Crippen LogP contribution in [-0.4, -0.2) is 31.1 Å². The molecule has 156 valence electrons. The van der Waals surface area contributed by atoms with Gasteiger partial charge in [-0.1, -0.05) is 12.1 Å². The molecule has 7 nitrogen and oxygen atoms in total. The summed E-state index contributed by atoms with van der Waals surface area (Å²) in [5.41, 5.74) is 2.87. The molecule has 0 spiro atoms. The van der Waals surface area contributed by atoms with Crippen molar-refractivity contribution in [1.29, 1.82) is 0 Å². The minimum atomic E-state index is -0.454. The number of aromatic nitrogens is 1. The first-order valence-electron chi connectivity index (χ1n) is 9.14. The van der Waals surface area contributed by atoms with Crippen LogP contribution in [0.15, 0.2) is 47.8 Å². The van der Waals surface area contributed by atoms with Gasteiger partial charge in [0.05, 0.1) is 31.2 Å². The van der Waals surface area contributed by atoms with Crippen LogP contribution in [0.25, 0.3) is 0 Å². The number of carbonyl (C=O) groups excluding carboxylic acids is 2. The van der Waals surface area contributed by atoms with Gasteiger partial charge in [0.2, 0.25) is 5.91 Å². The molecule has 3 rings (SSSR count). The maximum absolute atomic E-state index is 12.2. The zero-order valence-corrected chi connectivity index (χ0v) is 18.0. The van der Waals surface area contributed by atoms with Crippen molar-refractivity contribution >= 4 is 34.0 Å². The van der Waals surface area contributed by atoms with Gasteiger partial charge in [0.15, 0.2) is 16.6 Å². The molecular formula is C22H22N2O5S. The second-order valence-corrected chi connectivity index (χ2v) is 7.30. The van der Waals surface area contributed by atoms with Gasteiger partial charge in [-0.15, -0.1) is 11.3 Å². The molecule has 30 heavy (non-hydrogen) atoms. The Morgan fingerprint density at radius 3 is 2.57 bits per heavy atom. The van der Waals surface area contributed by atoms with Gasteiger partial charge in [0, 0.05) is 12.3 Å². The summed E-state index contributed by atoms with van der Waals surface area (Å²) in [4.78, 5) is 30.0. The van der Waals surface area contributed by atoms with E-state index in [9.17, 15) is 9.59 Å². The van der Waals surface area contributed by atoms with E-state index >= 15 is 0 Å². The first-order valence-corrected chi connectivity index (χ1v) is 10.0. The van der Waals surface area contributed by atoms with Gasteiger partial charge in [-0.2, -0.15) is 0 Å². The van der Waals surface area contributed by atoms with Crippen LogP contribution in [0, 0.1) is 6.92 Å². The highest BCUT2D eigenvalue weighted by Gasteiger charge is 2.18. The molecule has 2 aromatic carbocycles. The first-order chi connectivity index (χ1) is 14.4. The lowest BCUT2D eigenvalue weighted by Gasteiger charge is -2.18. The van der Waals surface area contributed by atoms with E-state index in [0.717, 1.165) is 11.3 Å². The third-order valence-electron chi connectivity index (χ3n) is 4.27. The Morgan fingerprint density at radius 1 is 1.10 bits per heavy atom. The monoisotopic (exact) mass is 426 g/mol. The fraction of sp³-hybridized carbons (Fsp3) is 0.227. The van der Waals surface area contributed by atoms with Crippen molar-refractivity contribution in [2.24, 2.45) is 0 Å². The molecule has 1 heterocycles. The summed E-state index contributed by atoms with van der Waals surface area (Å²) in [7, 11) is 2.82. The van der Waals surface area contributed by atoms with Gasteiger partial charge in [-0.05, 0) is 42.8 Å². The molecule has 0 N–H and O–H groups in total. The summed E-state index contributed by atoms with van der Waals surface area (Å²) in [6.45, 7) is 3.67. The molecule has 0 saturated heterocycles. The van der Waals surface area contributed by atoms with E-state index in [-0.39, 0.29) is 12.5 Å². The highest BCUT2D eigenvalue weighted by atomic mass is 32.1. The quantitative estimate of drug-likeness (QED) is 0.517. The van der Waals surface area contributed by atoms with Gasteiger partial charge < -0.3 is 14.2 Å². The van der Waals surface area contributed by atoms with E-state index in [1.807, 2.05) is 36.6 Å². The van der Waals surface area contributed by atoms with Gasteiger partial charge in [0.25, 0.3) is 0 Å². The summed E-state index contributed by atoms with van der Waals surface area (Å²) >= 11 is 1.36. The largest absolute Gasteiger partial charge is 0.493 e. The van der Waals surface area contributed by atoms with Gasteiger partial charge in [-0.3, -0.25) is 9.69 Å². The smallest absolute Gasteiger partial charge is 0.337 e. The molecule has 0 atom stereocenters. The number of hydrogen-bond acceptors (Lipinski definition) is 7. The van der Waals surface area contributed by atoms with E-state index in [1.54, 1.807) is 23.1 Å². The Balaban J connectivity index is 1.77. The van der Waals surface area contributed by atoms with Crippen LogP contribution >= 0.6 is 11.3 Å². The molecule has 0 aliphatic carbocycles. The number of nitrogens with zero attached hydrogens (tertiary/aromatic N) is 2. The zero-order valence-electron chi connectivity index (χ0n) is 17.2. The lowest BCUT2D eigenvalue weighted by Crippen LogP contribution is -2.22. The van der Waals surface area contributed by atoms with Crippen LogP contribution in [0.3, 0.4) is 0 Å². The molecule has 0 radical (unpaired) electrons. The van der Waals surface area contributed by atoms with Crippen LogP contribution in [-0.2, 0) is 16.1 Å². The molecule has 0 saturated carbocycles. The van der Waals surface area contributed by atoms with E-state index in [1.165, 1.54) is 32.5 Å². The van der Waals surface area contributed by atoms with Crippen molar-refractivity contribution in [3.63, 3.8) is 0 Å². The molecule has 1 aromatic heterocycles. The maximum atomic E-state index is 12.2. The average Bonchev–Trinajstić information content (AvgIpc) is 3.19. The van der Waals surface area contributed by atoms with Gasteiger partial charge >= 0.3 is 5.97 Å². The van der Waals surface area contributed by atoms with Crippen LogP contribution < -0.4 is 14.4 Å². The number of ether oxygens (including phenoxy) is 3. The van der Waals surface area contributed by atoms with Crippen molar-refractivity contribution < 1.29 is 23.8 Å². The third kappa shape index (κ3) is 4.77. The maximum Gasteiger partial charge on any atom is 0.337 e. The fourth-order valence-corrected chi connectivity index (χ4v) is 3.71. The summed E-state index contributed by atoms with van der Waals surface area (Å²) in [5.74, 6) is 0.312. The molecular weight excluding hydrogens is 404 g/mol. The predicted molar refractivity (Wildman–Crippen MR) is 115 cm³/mol. The van der Waals surface area contributed by atoms with E-state index < -0.39 is 5.97 Å². The van der Waals surface area contributed by atoms with Crippen LogP contribution in [0.2, 0.25) is 0 Å². The lowest BCUT2D eigenvalue weighted by molar-refractivity contribution is -0.115. The van der Waals surface area contributed by atoms with Crippen molar-refractivity contribution in [3.05, 3.63) is 64.7 Å². The molecule has 0 bridgehead atoms. The zero-order chi connectivity index (χ0) is 21.7. The highest BCUT2D eigenvalue weighted by Crippen LogP contribution is 2.32. The van der Waals surface area contributed by atoms with E-state index in [4.69, 9.17) is 14.2 Å². The standard InChI is InChI=1S/C22H22N2O5S/c1-14-6-5-7-18(10-14)24(15(2)25)22-23-17(13-30-22)12-29-19-9-8-16(21(26)28-4)11-20(19)27-3/h5-11,13H,12H2,1-4H3. The fourth-order valence-electron chi connectivity index (χ4n) is 2.84.